The lowest BCUT2D eigenvalue weighted by molar-refractivity contribution is 0.101. The Hall–Kier alpha value is -1.51. The van der Waals surface area contributed by atoms with Crippen molar-refractivity contribution in [2.24, 2.45) is 0 Å². The second-order valence-electron chi connectivity index (χ2n) is 3.92. The van der Waals surface area contributed by atoms with Gasteiger partial charge in [0.25, 0.3) is 0 Å². The van der Waals surface area contributed by atoms with Gasteiger partial charge in [-0.2, -0.15) is 0 Å². The minimum absolute atomic E-state index is 0.00472. The molecule has 0 atom stereocenters. The first-order chi connectivity index (χ1) is 8.49. The van der Waals surface area contributed by atoms with Gasteiger partial charge in [-0.05, 0) is 24.6 Å². The summed E-state index contributed by atoms with van der Waals surface area (Å²) >= 11 is 11.8. The summed E-state index contributed by atoms with van der Waals surface area (Å²) in [6, 6.07) is 10.0. The van der Waals surface area contributed by atoms with Gasteiger partial charge in [0, 0.05) is 16.1 Å². The van der Waals surface area contributed by atoms with Crippen LogP contribution in [0.25, 0.3) is 11.1 Å². The first-order valence-corrected chi connectivity index (χ1v) is 6.04. The molecular weight excluding hydrogens is 271 g/mol. The topological polar surface area (TPSA) is 37.3 Å². The van der Waals surface area contributed by atoms with E-state index in [1.165, 1.54) is 13.0 Å². The SMILES string of the molecule is CC(=O)c1ccc(-c2cc(Cl)cc(Cl)c2O)cc1. The van der Waals surface area contributed by atoms with Gasteiger partial charge in [-0.25, -0.2) is 0 Å². The van der Waals surface area contributed by atoms with E-state index < -0.39 is 0 Å². The highest BCUT2D eigenvalue weighted by atomic mass is 35.5. The summed E-state index contributed by atoms with van der Waals surface area (Å²) in [6.07, 6.45) is 0. The quantitative estimate of drug-likeness (QED) is 0.819. The maximum Gasteiger partial charge on any atom is 0.159 e. The van der Waals surface area contributed by atoms with Crippen molar-refractivity contribution in [3.05, 3.63) is 52.0 Å². The number of rotatable bonds is 2. The van der Waals surface area contributed by atoms with Gasteiger partial charge >= 0.3 is 0 Å². The van der Waals surface area contributed by atoms with Crippen molar-refractivity contribution in [3.63, 3.8) is 0 Å². The Morgan fingerprint density at radius 3 is 2.28 bits per heavy atom. The van der Waals surface area contributed by atoms with Crippen molar-refractivity contribution in [3.8, 4) is 16.9 Å². The van der Waals surface area contributed by atoms with Crippen LogP contribution in [0.3, 0.4) is 0 Å². The number of ketones is 1. The third kappa shape index (κ3) is 2.50. The summed E-state index contributed by atoms with van der Waals surface area (Å²) in [5.74, 6) is -0.0217. The number of carbonyl (C=O) groups excluding carboxylic acids is 1. The summed E-state index contributed by atoms with van der Waals surface area (Å²) in [4.78, 5) is 11.2. The van der Waals surface area contributed by atoms with Crippen molar-refractivity contribution >= 4 is 29.0 Å². The predicted octanol–water partition coefficient (Wildman–Crippen LogP) is 4.57. The van der Waals surface area contributed by atoms with E-state index >= 15 is 0 Å². The Bertz CT molecular complexity index is 604. The zero-order chi connectivity index (χ0) is 13.3. The van der Waals surface area contributed by atoms with Gasteiger partial charge in [0.15, 0.2) is 5.78 Å². The van der Waals surface area contributed by atoms with Gasteiger partial charge in [0.2, 0.25) is 0 Å². The normalized spacial score (nSPS) is 10.4. The van der Waals surface area contributed by atoms with Crippen molar-refractivity contribution in [1.29, 1.82) is 0 Å². The first kappa shape index (κ1) is 12.9. The smallest absolute Gasteiger partial charge is 0.159 e. The fraction of sp³-hybridized carbons (Fsp3) is 0.0714. The minimum Gasteiger partial charge on any atom is -0.506 e. The number of hydrogen-bond acceptors (Lipinski definition) is 2. The Kier molecular flexibility index (Phi) is 3.60. The van der Waals surface area contributed by atoms with Gasteiger partial charge in [-0.15, -0.1) is 0 Å². The fourth-order valence-corrected chi connectivity index (χ4v) is 2.16. The Morgan fingerprint density at radius 2 is 1.72 bits per heavy atom. The summed E-state index contributed by atoms with van der Waals surface area (Å²) in [5.41, 5.74) is 1.91. The van der Waals surface area contributed by atoms with Crippen LogP contribution in [-0.4, -0.2) is 10.9 Å². The number of Topliss-reactive ketones (excluding diaryl/α,β-unsaturated/α-hetero) is 1. The molecule has 0 unspecified atom stereocenters. The van der Waals surface area contributed by atoms with Gasteiger partial charge in [-0.1, -0.05) is 47.5 Å². The molecule has 0 fully saturated rings. The molecule has 0 aliphatic rings. The molecule has 0 saturated carbocycles. The number of carbonyl (C=O) groups is 1. The number of benzene rings is 2. The Labute approximate surface area is 115 Å². The van der Waals surface area contributed by atoms with Crippen LogP contribution < -0.4 is 0 Å². The number of hydrogen-bond donors (Lipinski definition) is 1. The number of phenols is 1. The van der Waals surface area contributed by atoms with Crippen LogP contribution in [0.1, 0.15) is 17.3 Å². The molecule has 0 aliphatic carbocycles. The molecule has 0 spiro atoms. The highest BCUT2D eigenvalue weighted by molar-refractivity contribution is 6.36. The average Bonchev–Trinajstić information content (AvgIpc) is 2.34. The molecule has 0 heterocycles. The number of aromatic hydroxyl groups is 1. The number of halogens is 2. The van der Waals surface area contributed by atoms with Gasteiger partial charge < -0.3 is 5.11 Å². The maximum absolute atomic E-state index is 11.2. The fourth-order valence-electron chi connectivity index (χ4n) is 1.67. The molecule has 2 aromatic carbocycles. The highest BCUT2D eigenvalue weighted by Gasteiger charge is 2.10. The van der Waals surface area contributed by atoms with Gasteiger partial charge in [0.1, 0.15) is 5.75 Å². The second-order valence-corrected chi connectivity index (χ2v) is 4.76. The molecule has 0 radical (unpaired) electrons. The molecule has 0 aromatic heterocycles. The molecule has 2 nitrogen and oxygen atoms in total. The molecule has 1 N–H and O–H groups in total. The van der Waals surface area contributed by atoms with Crippen molar-refractivity contribution in [2.45, 2.75) is 6.92 Å². The van der Waals surface area contributed by atoms with E-state index in [-0.39, 0.29) is 16.6 Å². The lowest BCUT2D eigenvalue weighted by Gasteiger charge is -2.08. The Morgan fingerprint density at radius 1 is 1.11 bits per heavy atom. The molecule has 0 amide bonds. The van der Waals surface area contributed by atoms with Crippen LogP contribution in [0.5, 0.6) is 5.75 Å². The van der Waals surface area contributed by atoms with Crippen LogP contribution in [0, 0.1) is 0 Å². The van der Waals surface area contributed by atoms with E-state index in [0.717, 1.165) is 5.56 Å². The summed E-state index contributed by atoms with van der Waals surface area (Å²) in [5, 5.41) is 10.5. The lowest BCUT2D eigenvalue weighted by Crippen LogP contribution is -1.91. The molecule has 0 saturated heterocycles. The van der Waals surface area contributed by atoms with Crippen LogP contribution in [-0.2, 0) is 0 Å². The molecule has 4 heteroatoms. The van der Waals surface area contributed by atoms with Gasteiger partial charge in [-0.3, -0.25) is 4.79 Å². The van der Waals surface area contributed by atoms with Crippen LogP contribution in [0.4, 0.5) is 0 Å². The highest BCUT2D eigenvalue weighted by Crippen LogP contribution is 2.37. The van der Waals surface area contributed by atoms with Crippen LogP contribution >= 0.6 is 23.2 Å². The van der Waals surface area contributed by atoms with Gasteiger partial charge in [0.05, 0.1) is 5.02 Å². The minimum atomic E-state index is -0.0170. The second kappa shape index (κ2) is 5.01. The third-order valence-corrected chi connectivity index (χ3v) is 3.14. The zero-order valence-corrected chi connectivity index (χ0v) is 11.1. The van der Waals surface area contributed by atoms with Crippen molar-refractivity contribution < 1.29 is 9.90 Å². The zero-order valence-electron chi connectivity index (χ0n) is 9.58. The number of phenolic OH excluding ortho intramolecular Hbond substituents is 1. The maximum atomic E-state index is 11.2. The van der Waals surface area contributed by atoms with E-state index in [4.69, 9.17) is 23.2 Å². The van der Waals surface area contributed by atoms with E-state index in [9.17, 15) is 9.90 Å². The van der Waals surface area contributed by atoms with E-state index in [2.05, 4.69) is 0 Å². The third-order valence-electron chi connectivity index (χ3n) is 2.63. The molecule has 2 aromatic rings. The molecule has 0 aliphatic heterocycles. The Balaban J connectivity index is 2.52. The summed E-state index contributed by atoms with van der Waals surface area (Å²) in [6.45, 7) is 1.50. The predicted molar refractivity (Wildman–Crippen MR) is 73.6 cm³/mol. The van der Waals surface area contributed by atoms with E-state index in [0.29, 0.717) is 16.1 Å². The van der Waals surface area contributed by atoms with Crippen molar-refractivity contribution in [2.75, 3.05) is 0 Å². The molecule has 92 valence electrons. The molecule has 0 bridgehead atoms. The lowest BCUT2D eigenvalue weighted by atomic mass is 10.0. The van der Waals surface area contributed by atoms with Crippen LogP contribution in [0.15, 0.2) is 36.4 Å². The first-order valence-electron chi connectivity index (χ1n) is 5.28. The van der Waals surface area contributed by atoms with E-state index in [1.807, 2.05) is 0 Å². The average molecular weight is 281 g/mol. The van der Waals surface area contributed by atoms with E-state index in [1.54, 1.807) is 30.3 Å². The van der Waals surface area contributed by atoms with Crippen molar-refractivity contribution in [1.82, 2.24) is 0 Å². The molecule has 2 rings (SSSR count). The molecular formula is C14H10Cl2O2. The van der Waals surface area contributed by atoms with Crippen LogP contribution in [0.2, 0.25) is 10.0 Å². The largest absolute Gasteiger partial charge is 0.506 e. The molecule has 18 heavy (non-hydrogen) atoms. The summed E-state index contributed by atoms with van der Waals surface area (Å²) < 4.78 is 0. The standard InChI is InChI=1S/C14H10Cl2O2/c1-8(17)9-2-4-10(5-3-9)12-6-11(15)7-13(16)14(12)18/h2-7,18H,1H3. The summed E-state index contributed by atoms with van der Waals surface area (Å²) in [7, 11) is 0. The monoisotopic (exact) mass is 280 g/mol.